The van der Waals surface area contributed by atoms with Gasteiger partial charge in [0.05, 0.1) is 0 Å². The Morgan fingerprint density at radius 3 is 1.49 bits per heavy atom. The Hall–Kier alpha value is -1.87. The van der Waals surface area contributed by atoms with Gasteiger partial charge in [-0.25, -0.2) is 0 Å². The Kier molecular flexibility index (Phi) is 11.9. The lowest BCUT2D eigenvalue weighted by molar-refractivity contribution is 0.479. The van der Waals surface area contributed by atoms with E-state index in [0.29, 0.717) is 5.66 Å². The van der Waals surface area contributed by atoms with E-state index in [-0.39, 0.29) is 17.8 Å². The molecular formula is C46H59Br2N2P. The minimum absolute atomic E-state index is 0.0661. The summed E-state index contributed by atoms with van der Waals surface area (Å²) in [7, 11) is -0.200. The zero-order valence-electron chi connectivity index (χ0n) is 32.0. The zero-order valence-corrected chi connectivity index (χ0v) is 36.0. The molecule has 0 radical (unpaired) electrons. The van der Waals surface area contributed by atoms with E-state index in [1.807, 2.05) is 0 Å². The van der Waals surface area contributed by atoms with E-state index in [9.17, 15) is 0 Å². The normalized spacial score (nSPS) is 24.7. The third kappa shape index (κ3) is 7.59. The highest BCUT2D eigenvalue weighted by molar-refractivity contribution is 9.12. The average molecular weight is 831 g/mol. The number of hydrogen-bond donors (Lipinski definition) is 0. The summed E-state index contributed by atoms with van der Waals surface area (Å²) in [5.74, 6) is 1.43. The van der Waals surface area contributed by atoms with Crippen LogP contribution in [0.4, 0.5) is 11.4 Å². The third-order valence-corrected chi connectivity index (χ3v) is 18.8. The van der Waals surface area contributed by atoms with Crippen molar-refractivity contribution in [3.8, 4) is 0 Å². The summed E-state index contributed by atoms with van der Waals surface area (Å²) in [5.41, 5.74) is 17.8. The van der Waals surface area contributed by atoms with Crippen LogP contribution in [0.25, 0.3) is 6.08 Å². The van der Waals surface area contributed by atoms with Gasteiger partial charge in [0.2, 0.25) is 0 Å². The zero-order chi connectivity index (χ0) is 35.8. The van der Waals surface area contributed by atoms with Crippen molar-refractivity contribution in [1.82, 2.24) is 0 Å². The number of benzene rings is 3. The van der Waals surface area contributed by atoms with Crippen LogP contribution in [0.1, 0.15) is 122 Å². The number of allylic oxidation sites excluding steroid dienone is 2. The van der Waals surface area contributed by atoms with E-state index in [4.69, 9.17) is 0 Å². The lowest BCUT2D eigenvalue weighted by Crippen LogP contribution is -2.36. The summed E-state index contributed by atoms with van der Waals surface area (Å²) in [6.07, 6.45) is 20.7. The molecule has 4 aliphatic rings. The molecule has 0 bridgehead atoms. The molecule has 3 aliphatic carbocycles. The molecule has 1 saturated heterocycles. The van der Waals surface area contributed by atoms with Crippen LogP contribution in [-0.4, -0.2) is 26.9 Å². The summed E-state index contributed by atoms with van der Waals surface area (Å²) >= 11 is 8.78. The molecule has 3 unspecified atom stereocenters. The molecule has 1 heterocycles. The summed E-state index contributed by atoms with van der Waals surface area (Å²) in [6.45, 7) is 13.8. The molecule has 0 aromatic heterocycles. The van der Waals surface area contributed by atoms with Crippen LogP contribution < -0.4 is 9.80 Å². The van der Waals surface area contributed by atoms with E-state index in [0.717, 1.165) is 17.7 Å². The molecule has 272 valence electrons. The van der Waals surface area contributed by atoms with Crippen molar-refractivity contribution in [2.24, 2.45) is 0 Å². The van der Waals surface area contributed by atoms with Crippen molar-refractivity contribution in [3.05, 3.63) is 111 Å². The minimum Gasteiger partial charge on any atom is -0.311 e. The van der Waals surface area contributed by atoms with Gasteiger partial charge < -0.3 is 9.80 Å². The van der Waals surface area contributed by atoms with E-state index in [2.05, 4.69) is 144 Å². The number of aryl methyl sites for hydroxylation is 6. The molecule has 3 aromatic rings. The molecule has 3 saturated carbocycles. The van der Waals surface area contributed by atoms with Crippen LogP contribution in [0, 0.1) is 41.5 Å². The highest BCUT2D eigenvalue weighted by atomic mass is 79.9. The van der Waals surface area contributed by atoms with E-state index in [1.165, 1.54) is 133 Å². The van der Waals surface area contributed by atoms with Gasteiger partial charge in [0.25, 0.3) is 0 Å². The number of halogens is 2. The predicted octanol–water partition coefficient (Wildman–Crippen LogP) is 14.3. The molecule has 2 nitrogen and oxygen atoms in total. The summed E-state index contributed by atoms with van der Waals surface area (Å²) in [6, 6.07) is 20.8. The van der Waals surface area contributed by atoms with Gasteiger partial charge in [-0.15, -0.1) is 0 Å². The smallest absolute Gasteiger partial charge is 0.121 e. The molecule has 1 aliphatic heterocycles. The molecule has 0 spiro atoms. The number of hydrogen-bond acceptors (Lipinski definition) is 2. The molecule has 3 aromatic carbocycles. The fraction of sp³-hybridized carbons (Fsp3) is 0.522. The van der Waals surface area contributed by atoms with Crippen LogP contribution >= 0.6 is 39.8 Å². The molecule has 7 rings (SSSR count). The lowest BCUT2D eigenvalue weighted by Gasteiger charge is -2.47. The van der Waals surface area contributed by atoms with Crippen LogP contribution in [-0.2, 0) is 0 Å². The van der Waals surface area contributed by atoms with Crippen molar-refractivity contribution < 1.29 is 0 Å². The Morgan fingerprint density at radius 2 is 1.04 bits per heavy atom. The Labute approximate surface area is 327 Å². The largest absolute Gasteiger partial charge is 0.311 e. The van der Waals surface area contributed by atoms with Crippen LogP contribution in [0.15, 0.2) is 71.6 Å². The van der Waals surface area contributed by atoms with Gasteiger partial charge in [-0.2, -0.15) is 0 Å². The molecule has 0 amide bonds. The number of nitrogens with zero attached hydrogens (tertiary/aromatic N) is 2. The topological polar surface area (TPSA) is 6.48 Å². The monoisotopic (exact) mass is 828 g/mol. The standard InChI is InChI=1S/C46H59Br2N2P/c1-30-25-32(3)42(33(4)26-30)49-44(47)45(48)50(43-34(5)27-31(2)28-35(43)6)46(49)41-37(29-36-17-10-7-11-18-36)19-16-24-40(41)51(38-20-12-8-13-21-38)39-22-14-9-15-23-39/h7,10-11,17-18,25-29,38-40,44-45H,8-9,12-16,19-24H2,1-6H3. The lowest BCUT2D eigenvalue weighted by atomic mass is 9.86. The van der Waals surface area contributed by atoms with E-state index >= 15 is 0 Å². The highest BCUT2D eigenvalue weighted by Crippen LogP contribution is 2.65. The third-order valence-electron chi connectivity index (χ3n) is 12.3. The van der Waals surface area contributed by atoms with Crippen molar-refractivity contribution >= 4 is 57.2 Å². The first-order chi connectivity index (χ1) is 24.6. The second-order valence-electron chi connectivity index (χ2n) is 16.2. The molecule has 5 heteroatoms. The highest BCUT2D eigenvalue weighted by Gasteiger charge is 2.49. The summed E-state index contributed by atoms with van der Waals surface area (Å²) in [5, 5.41) is 0. The maximum Gasteiger partial charge on any atom is 0.121 e. The van der Waals surface area contributed by atoms with Crippen LogP contribution in [0.2, 0.25) is 0 Å². The Morgan fingerprint density at radius 1 is 0.588 bits per heavy atom. The first-order valence-corrected chi connectivity index (χ1v) is 23.3. The second kappa shape index (κ2) is 16.2. The van der Waals surface area contributed by atoms with Gasteiger partial charge in [-0.3, -0.25) is 0 Å². The summed E-state index contributed by atoms with van der Waals surface area (Å²) in [4.78, 5) is 5.61. The first-order valence-electron chi connectivity index (χ1n) is 19.9. The van der Waals surface area contributed by atoms with Gasteiger partial charge in [0.1, 0.15) is 15.7 Å². The van der Waals surface area contributed by atoms with Gasteiger partial charge in [-0.05, 0) is 131 Å². The number of anilines is 2. The van der Waals surface area contributed by atoms with Crippen LogP contribution in [0.5, 0.6) is 0 Å². The van der Waals surface area contributed by atoms with E-state index < -0.39 is 0 Å². The Bertz CT molecular complexity index is 1630. The fourth-order valence-electron chi connectivity index (χ4n) is 10.5. The molecule has 51 heavy (non-hydrogen) atoms. The quantitative estimate of drug-likeness (QED) is 0.139. The maximum absolute atomic E-state index is 4.39. The maximum atomic E-state index is 4.39. The van der Waals surface area contributed by atoms with Gasteiger partial charge >= 0.3 is 0 Å². The van der Waals surface area contributed by atoms with Gasteiger partial charge in [-0.1, -0.05) is 150 Å². The van der Waals surface area contributed by atoms with Crippen molar-refractivity contribution in [1.29, 1.82) is 0 Å². The van der Waals surface area contributed by atoms with Crippen molar-refractivity contribution in [2.75, 3.05) is 9.80 Å². The SMILES string of the molecule is Cc1cc(C)c(N2C(=C3C(=Cc4ccccc4)CCCC3P(C3CCCCC3)C3CCCCC3)N(c3c(C)cc(C)cc3C)C(Br)C2Br)c(C)c1. The van der Waals surface area contributed by atoms with Crippen LogP contribution in [0.3, 0.4) is 0 Å². The Balaban J connectivity index is 1.56. The fourth-order valence-corrected chi connectivity index (χ4v) is 16.3. The van der Waals surface area contributed by atoms with Crippen molar-refractivity contribution in [3.63, 3.8) is 0 Å². The molecular weight excluding hydrogens is 771 g/mol. The van der Waals surface area contributed by atoms with E-state index in [1.54, 1.807) is 11.1 Å². The van der Waals surface area contributed by atoms with Crippen molar-refractivity contribution in [2.45, 2.75) is 152 Å². The molecule has 3 atom stereocenters. The first kappa shape index (κ1) is 37.4. The number of rotatable bonds is 6. The van der Waals surface area contributed by atoms with Gasteiger partial charge in [0, 0.05) is 22.6 Å². The predicted molar refractivity (Wildman–Crippen MR) is 231 cm³/mol. The molecule has 4 fully saturated rings. The second-order valence-corrected chi connectivity index (χ2v) is 21.1. The van der Waals surface area contributed by atoms with Gasteiger partial charge in [0.15, 0.2) is 0 Å². The summed E-state index contributed by atoms with van der Waals surface area (Å²) < 4.78 is 0. The average Bonchev–Trinajstić information content (AvgIpc) is 3.34. The number of alkyl halides is 2. The minimum atomic E-state index is -0.200. The molecule has 0 N–H and O–H groups in total.